The molecule has 2 heterocycles. The molecule has 3 rings (SSSR count). The van der Waals surface area contributed by atoms with E-state index in [1.807, 2.05) is 0 Å². The summed E-state index contributed by atoms with van der Waals surface area (Å²) in [6.07, 6.45) is -11.1. The van der Waals surface area contributed by atoms with Gasteiger partial charge in [-0.1, -0.05) is 0 Å². The van der Waals surface area contributed by atoms with E-state index in [4.69, 9.17) is 0 Å². The molecule has 0 atom stereocenters. The first-order valence-electron chi connectivity index (χ1n) is 6.08. The molecule has 8 nitrogen and oxygen atoms in total. The average molecular weight is 386 g/mol. The fourth-order valence-corrected chi connectivity index (χ4v) is 2.29. The first kappa shape index (κ1) is 17.5. The Bertz CT molecular complexity index is 1060. The largest absolute Gasteiger partial charge is 0.573 e. The second-order valence-electron chi connectivity index (χ2n) is 4.61. The summed E-state index contributed by atoms with van der Waals surface area (Å²) in [4.78, 5) is 46.5. The normalized spacial score (nSPS) is 12.8. The summed E-state index contributed by atoms with van der Waals surface area (Å²) >= 11 is 0. The van der Waals surface area contributed by atoms with Crippen LogP contribution in [0.25, 0.3) is 21.5 Å². The number of ether oxygens (including phenoxy) is 2. The van der Waals surface area contributed by atoms with Crippen LogP contribution in [0.2, 0.25) is 0 Å². The second kappa shape index (κ2) is 5.09. The Morgan fingerprint density at radius 2 is 0.769 bits per heavy atom. The molecule has 0 aliphatic carbocycles. The highest BCUT2D eigenvalue weighted by Gasteiger charge is 2.40. The van der Waals surface area contributed by atoms with Crippen LogP contribution in [0.4, 0.5) is 26.3 Å². The lowest BCUT2D eigenvalue weighted by atomic mass is 10.1. The van der Waals surface area contributed by atoms with Crippen LogP contribution in [-0.2, 0) is 0 Å². The number of benzene rings is 1. The minimum Gasteiger partial charge on any atom is -0.404 e. The quantitative estimate of drug-likeness (QED) is 0.606. The van der Waals surface area contributed by atoms with E-state index in [0.717, 1.165) is 0 Å². The van der Waals surface area contributed by atoms with Crippen molar-refractivity contribution in [2.75, 3.05) is 0 Å². The summed E-state index contributed by atoms with van der Waals surface area (Å²) in [7, 11) is 0. The van der Waals surface area contributed by atoms with E-state index in [1.54, 1.807) is 0 Å². The summed E-state index contributed by atoms with van der Waals surface area (Å²) < 4.78 is 90.4. The Balaban J connectivity index is 2.65. The molecule has 0 aliphatic heterocycles. The van der Waals surface area contributed by atoms with Gasteiger partial charge in [-0.05, 0) is 0 Å². The zero-order valence-corrected chi connectivity index (χ0v) is 11.5. The van der Waals surface area contributed by atoms with Gasteiger partial charge in [-0.25, -0.2) is 19.2 Å². The fourth-order valence-electron chi connectivity index (χ4n) is 2.29. The molecule has 2 aromatic heterocycles. The maximum absolute atomic E-state index is 12.6. The molecule has 26 heavy (non-hydrogen) atoms. The SMILES string of the molecule is O=c1oc(=O)c2c(OC(F)(F)F)c3c(=O)oc(=O)c3c(OC(F)(F)F)c12. The summed E-state index contributed by atoms with van der Waals surface area (Å²) in [6, 6.07) is 0. The van der Waals surface area contributed by atoms with E-state index in [9.17, 15) is 45.5 Å². The Kier molecular flexibility index (Phi) is 3.43. The summed E-state index contributed by atoms with van der Waals surface area (Å²) in [6.45, 7) is 0. The van der Waals surface area contributed by atoms with Gasteiger partial charge in [0.1, 0.15) is 21.5 Å². The number of furan rings is 2. The van der Waals surface area contributed by atoms with E-state index >= 15 is 0 Å². The van der Waals surface area contributed by atoms with Crippen LogP contribution in [0, 0.1) is 0 Å². The molecule has 1 aromatic carbocycles. The standard InChI is InChI=1S/C12F6O8/c13-11(14,15)25-5-1-2(8(20)23-7(1)19)6(26-12(16,17)18)4-3(5)9(21)24-10(4)22. The second-order valence-corrected chi connectivity index (χ2v) is 4.61. The smallest absolute Gasteiger partial charge is 0.404 e. The minimum absolute atomic E-state index is 1.46. The third kappa shape index (κ3) is 2.68. The maximum atomic E-state index is 12.6. The van der Waals surface area contributed by atoms with Crippen LogP contribution in [0.5, 0.6) is 11.5 Å². The lowest BCUT2D eigenvalue weighted by molar-refractivity contribution is -0.275. The van der Waals surface area contributed by atoms with E-state index < -0.39 is 68.3 Å². The van der Waals surface area contributed by atoms with Gasteiger partial charge in [-0.2, -0.15) is 0 Å². The third-order valence-electron chi connectivity index (χ3n) is 3.03. The lowest BCUT2D eigenvalue weighted by Crippen LogP contribution is -2.21. The van der Waals surface area contributed by atoms with Gasteiger partial charge in [0.2, 0.25) is 0 Å². The first-order valence-corrected chi connectivity index (χ1v) is 6.08. The van der Waals surface area contributed by atoms with Crippen molar-refractivity contribution in [2.24, 2.45) is 0 Å². The van der Waals surface area contributed by atoms with Crippen LogP contribution in [-0.4, -0.2) is 12.7 Å². The van der Waals surface area contributed by atoms with Crippen molar-refractivity contribution in [2.45, 2.75) is 12.7 Å². The van der Waals surface area contributed by atoms with Crippen LogP contribution in [0.1, 0.15) is 0 Å². The van der Waals surface area contributed by atoms with Crippen LogP contribution in [0.3, 0.4) is 0 Å². The predicted octanol–water partition coefficient (Wildman–Crippen LogP) is 1.29. The first-order chi connectivity index (χ1) is 11.8. The Morgan fingerprint density at radius 3 is 0.962 bits per heavy atom. The Labute approximate surface area is 133 Å². The molecule has 0 radical (unpaired) electrons. The molecule has 0 N–H and O–H groups in total. The summed E-state index contributed by atoms with van der Waals surface area (Å²) in [5.41, 5.74) is -7.37. The number of hydrogen-bond donors (Lipinski definition) is 0. The topological polar surface area (TPSA) is 113 Å². The molecule has 0 fully saturated rings. The Hall–Kier alpha value is -3.32. The van der Waals surface area contributed by atoms with Crippen molar-refractivity contribution < 1.29 is 44.7 Å². The van der Waals surface area contributed by atoms with E-state index in [0.29, 0.717) is 0 Å². The van der Waals surface area contributed by atoms with Gasteiger partial charge in [0.05, 0.1) is 0 Å². The van der Waals surface area contributed by atoms with Gasteiger partial charge in [-0.15, -0.1) is 26.3 Å². The molecular formula is C12F6O8. The molecule has 14 heteroatoms. The van der Waals surface area contributed by atoms with E-state index in [1.165, 1.54) is 0 Å². The summed E-state index contributed by atoms with van der Waals surface area (Å²) in [5.74, 6) is -3.41. The van der Waals surface area contributed by atoms with Crippen molar-refractivity contribution in [1.82, 2.24) is 0 Å². The monoisotopic (exact) mass is 386 g/mol. The van der Waals surface area contributed by atoms with Crippen LogP contribution >= 0.6 is 0 Å². The molecular weight excluding hydrogens is 386 g/mol. The highest BCUT2D eigenvalue weighted by atomic mass is 19.4. The van der Waals surface area contributed by atoms with Gasteiger partial charge in [0, 0.05) is 0 Å². The molecule has 3 aromatic rings. The number of fused-ring (bicyclic) bond motifs is 2. The number of hydrogen-bond acceptors (Lipinski definition) is 8. The summed E-state index contributed by atoms with van der Waals surface area (Å²) in [5, 5.41) is -5.84. The average Bonchev–Trinajstić information content (AvgIpc) is 2.88. The molecule has 138 valence electrons. The van der Waals surface area contributed by atoms with Crippen molar-refractivity contribution in [1.29, 1.82) is 0 Å². The molecule has 0 spiro atoms. The molecule has 0 amide bonds. The highest BCUT2D eigenvalue weighted by molar-refractivity contribution is 6.10. The van der Waals surface area contributed by atoms with Gasteiger partial charge < -0.3 is 18.3 Å². The Morgan fingerprint density at radius 1 is 0.538 bits per heavy atom. The van der Waals surface area contributed by atoms with Crippen LogP contribution in [0.15, 0.2) is 28.0 Å². The number of alkyl halides is 6. The van der Waals surface area contributed by atoms with E-state index in [-0.39, 0.29) is 0 Å². The number of rotatable bonds is 2. The zero-order valence-electron chi connectivity index (χ0n) is 11.5. The molecule has 0 unspecified atom stereocenters. The predicted molar refractivity (Wildman–Crippen MR) is 66.8 cm³/mol. The highest BCUT2D eigenvalue weighted by Crippen LogP contribution is 2.41. The van der Waals surface area contributed by atoms with Crippen LogP contribution < -0.4 is 32.0 Å². The van der Waals surface area contributed by atoms with Crippen molar-refractivity contribution >= 4 is 21.5 Å². The molecule has 0 saturated carbocycles. The number of halogens is 6. The lowest BCUT2D eigenvalue weighted by Gasteiger charge is -2.13. The molecule has 0 saturated heterocycles. The van der Waals surface area contributed by atoms with E-state index in [2.05, 4.69) is 18.3 Å². The fraction of sp³-hybridized carbons (Fsp3) is 0.167. The van der Waals surface area contributed by atoms with Gasteiger partial charge in [0.25, 0.3) is 0 Å². The molecule has 0 bridgehead atoms. The minimum atomic E-state index is -5.55. The van der Waals surface area contributed by atoms with Crippen molar-refractivity contribution in [3.63, 3.8) is 0 Å². The molecule has 0 aliphatic rings. The van der Waals surface area contributed by atoms with Gasteiger partial charge in [0.15, 0.2) is 11.5 Å². The zero-order chi connectivity index (χ0) is 19.6. The van der Waals surface area contributed by atoms with Crippen molar-refractivity contribution in [3.05, 3.63) is 41.7 Å². The van der Waals surface area contributed by atoms with Gasteiger partial charge in [-0.3, -0.25) is 0 Å². The third-order valence-corrected chi connectivity index (χ3v) is 3.03. The van der Waals surface area contributed by atoms with Crippen molar-refractivity contribution in [3.8, 4) is 11.5 Å². The van der Waals surface area contributed by atoms with Gasteiger partial charge >= 0.3 is 35.2 Å². The maximum Gasteiger partial charge on any atom is 0.573 e.